The minimum atomic E-state index is -0.932. The third kappa shape index (κ3) is 3.46. The fourth-order valence-electron chi connectivity index (χ4n) is 2.00. The Bertz CT molecular complexity index is 801. The van der Waals surface area contributed by atoms with Gasteiger partial charge in [0.15, 0.2) is 0 Å². The van der Waals surface area contributed by atoms with E-state index in [1.165, 1.54) is 23.7 Å². The molecule has 2 aromatic heterocycles. The summed E-state index contributed by atoms with van der Waals surface area (Å²) in [7, 11) is 0. The van der Waals surface area contributed by atoms with Crippen molar-refractivity contribution in [2.24, 2.45) is 0 Å². The number of aromatic nitrogens is 1. The molecule has 0 aliphatic rings. The molecule has 0 aliphatic heterocycles. The lowest BCUT2D eigenvalue weighted by atomic mass is 10.2. The van der Waals surface area contributed by atoms with Crippen molar-refractivity contribution in [3.05, 3.63) is 65.3 Å². The van der Waals surface area contributed by atoms with Gasteiger partial charge in [0.05, 0.1) is 12.8 Å². The number of furan rings is 1. The van der Waals surface area contributed by atoms with Gasteiger partial charge in [0.1, 0.15) is 28.4 Å². The monoisotopic (exact) mass is 332 g/mol. The SMILES string of the molecule is O=C(NCC(O)c1ccco1)c1csc(-c2ccccc2F)n1. The first-order chi connectivity index (χ1) is 11.1. The van der Waals surface area contributed by atoms with E-state index in [0.29, 0.717) is 16.3 Å². The van der Waals surface area contributed by atoms with Gasteiger partial charge in [-0.2, -0.15) is 0 Å². The molecule has 0 aliphatic carbocycles. The second-order valence-corrected chi connectivity index (χ2v) is 5.62. The Labute approximate surface area is 135 Å². The second kappa shape index (κ2) is 6.72. The lowest BCUT2D eigenvalue weighted by Gasteiger charge is -2.08. The van der Waals surface area contributed by atoms with Crippen LogP contribution in [-0.4, -0.2) is 22.5 Å². The molecular weight excluding hydrogens is 319 g/mol. The standard InChI is InChI=1S/C16H13FN2O3S/c17-11-5-2-1-4-10(11)16-19-12(9-23-16)15(21)18-8-13(20)14-6-3-7-22-14/h1-7,9,13,20H,8H2,(H,18,21). The Balaban J connectivity index is 1.66. The summed E-state index contributed by atoms with van der Waals surface area (Å²) in [5.74, 6) is -0.452. The van der Waals surface area contributed by atoms with Crippen molar-refractivity contribution >= 4 is 17.2 Å². The van der Waals surface area contributed by atoms with E-state index in [-0.39, 0.29) is 18.1 Å². The zero-order valence-electron chi connectivity index (χ0n) is 11.9. The van der Waals surface area contributed by atoms with E-state index in [0.717, 1.165) is 0 Å². The number of nitrogens with zero attached hydrogens (tertiary/aromatic N) is 1. The van der Waals surface area contributed by atoms with Crippen molar-refractivity contribution in [3.8, 4) is 10.6 Å². The van der Waals surface area contributed by atoms with Crippen molar-refractivity contribution in [2.75, 3.05) is 6.54 Å². The number of carbonyl (C=O) groups is 1. The Morgan fingerprint density at radius 3 is 2.91 bits per heavy atom. The van der Waals surface area contributed by atoms with Crippen molar-refractivity contribution in [1.29, 1.82) is 0 Å². The summed E-state index contributed by atoms with van der Waals surface area (Å²) in [6, 6.07) is 9.53. The first-order valence-electron chi connectivity index (χ1n) is 6.85. The van der Waals surface area contributed by atoms with Crippen molar-refractivity contribution in [3.63, 3.8) is 0 Å². The molecule has 1 aromatic carbocycles. The summed E-state index contributed by atoms with van der Waals surface area (Å²) in [6.45, 7) is -0.00109. The molecule has 5 nitrogen and oxygen atoms in total. The van der Waals surface area contributed by atoms with Crippen LogP contribution in [0, 0.1) is 5.82 Å². The minimum absolute atomic E-state index is 0.00109. The summed E-state index contributed by atoms with van der Waals surface area (Å²) < 4.78 is 18.8. The van der Waals surface area contributed by atoms with E-state index in [1.54, 1.807) is 35.7 Å². The number of thiazole rings is 1. The number of aliphatic hydroxyl groups is 1. The van der Waals surface area contributed by atoms with E-state index in [9.17, 15) is 14.3 Å². The molecule has 0 saturated carbocycles. The molecule has 0 radical (unpaired) electrons. The summed E-state index contributed by atoms with van der Waals surface area (Å²) in [6.07, 6.45) is 0.514. The van der Waals surface area contributed by atoms with Crippen LogP contribution in [0.25, 0.3) is 10.6 Å². The topological polar surface area (TPSA) is 75.4 Å². The van der Waals surface area contributed by atoms with Crippen LogP contribution in [0.4, 0.5) is 4.39 Å². The van der Waals surface area contributed by atoms with E-state index in [4.69, 9.17) is 4.42 Å². The highest BCUT2D eigenvalue weighted by atomic mass is 32.1. The molecule has 2 N–H and O–H groups in total. The van der Waals surface area contributed by atoms with Gasteiger partial charge in [-0.1, -0.05) is 12.1 Å². The molecule has 7 heteroatoms. The third-order valence-corrected chi connectivity index (χ3v) is 4.04. The maximum Gasteiger partial charge on any atom is 0.270 e. The number of amides is 1. The van der Waals surface area contributed by atoms with Crippen LogP contribution in [0.3, 0.4) is 0 Å². The van der Waals surface area contributed by atoms with Crippen LogP contribution in [0.2, 0.25) is 0 Å². The largest absolute Gasteiger partial charge is 0.467 e. The number of halogens is 1. The zero-order valence-corrected chi connectivity index (χ0v) is 12.7. The normalized spacial score (nSPS) is 12.1. The van der Waals surface area contributed by atoms with Gasteiger partial charge in [-0.25, -0.2) is 9.37 Å². The van der Waals surface area contributed by atoms with Gasteiger partial charge in [0.2, 0.25) is 0 Å². The van der Waals surface area contributed by atoms with Crippen molar-refractivity contribution in [1.82, 2.24) is 10.3 Å². The minimum Gasteiger partial charge on any atom is -0.467 e. The molecule has 0 spiro atoms. The summed E-state index contributed by atoms with van der Waals surface area (Å²) in [5.41, 5.74) is 0.534. The molecule has 1 atom stereocenters. The van der Waals surface area contributed by atoms with Gasteiger partial charge in [0, 0.05) is 10.9 Å². The van der Waals surface area contributed by atoms with Crippen molar-refractivity contribution < 1.29 is 18.7 Å². The molecule has 2 heterocycles. The smallest absolute Gasteiger partial charge is 0.270 e. The van der Waals surface area contributed by atoms with Crippen LogP contribution < -0.4 is 5.32 Å². The summed E-state index contributed by atoms with van der Waals surface area (Å²) >= 11 is 1.18. The number of carbonyl (C=O) groups excluding carboxylic acids is 1. The quantitative estimate of drug-likeness (QED) is 0.753. The highest BCUT2D eigenvalue weighted by Gasteiger charge is 2.16. The number of rotatable bonds is 5. The van der Waals surface area contributed by atoms with Gasteiger partial charge in [-0.05, 0) is 24.3 Å². The molecule has 1 amide bonds. The van der Waals surface area contributed by atoms with Crippen LogP contribution in [0.5, 0.6) is 0 Å². The van der Waals surface area contributed by atoms with Crippen LogP contribution in [0.15, 0.2) is 52.5 Å². The van der Waals surface area contributed by atoms with E-state index in [2.05, 4.69) is 10.3 Å². The second-order valence-electron chi connectivity index (χ2n) is 4.76. The number of hydrogen-bond donors (Lipinski definition) is 2. The average Bonchev–Trinajstić information content (AvgIpc) is 3.24. The third-order valence-electron chi connectivity index (χ3n) is 3.17. The van der Waals surface area contributed by atoms with Gasteiger partial charge in [-0.15, -0.1) is 11.3 Å². The number of benzene rings is 1. The van der Waals surface area contributed by atoms with Crippen LogP contribution in [0.1, 0.15) is 22.4 Å². The molecule has 0 saturated heterocycles. The Hall–Kier alpha value is -2.51. The molecule has 0 fully saturated rings. The van der Waals surface area contributed by atoms with Gasteiger partial charge < -0.3 is 14.8 Å². The van der Waals surface area contributed by atoms with Crippen LogP contribution in [-0.2, 0) is 0 Å². The molecule has 3 aromatic rings. The Kier molecular flexibility index (Phi) is 4.50. The Morgan fingerprint density at radius 2 is 2.17 bits per heavy atom. The highest BCUT2D eigenvalue weighted by Crippen LogP contribution is 2.26. The fraction of sp³-hybridized carbons (Fsp3) is 0.125. The molecule has 0 bridgehead atoms. The number of hydrogen-bond acceptors (Lipinski definition) is 5. The number of aliphatic hydroxyl groups excluding tert-OH is 1. The molecule has 3 rings (SSSR count). The van der Waals surface area contributed by atoms with Crippen LogP contribution >= 0.6 is 11.3 Å². The molecule has 23 heavy (non-hydrogen) atoms. The lowest BCUT2D eigenvalue weighted by Crippen LogP contribution is -2.28. The van der Waals surface area contributed by atoms with Gasteiger partial charge in [-0.3, -0.25) is 4.79 Å². The molecular formula is C16H13FN2O3S. The Morgan fingerprint density at radius 1 is 1.35 bits per heavy atom. The predicted octanol–water partition coefficient (Wildman–Crippen LogP) is 3.01. The lowest BCUT2D eigenvalue weighted by molar-refractivity contribution is 0.0897. The van der Waals surface area contributed by atoms with E-state index < -0.39 is 12.0 Å². The first kappa shape index (κ1) is 15.4. The molecule has 1 unspecified atom stereocenters. The van der Waals surface area contributed by atoms with E-state index >= 15 is 0 Å². The van der Waals surface area contributed by atoms with Gasteiger partial charge in [0.25, 0.3) is 5.91 Å². The maximum atomic E-state index is 13.7. The fourth-order valence-corrected chi connectivity index (χ4v) is 2.82. The van der Waals surface area contributed by atoms with Crippen molar-refractivity contribution in [2.45, 2.75) is 6.10 Å². The number of nitrogens with one attached hydrogen (secondary N) is 1. The van der Waals surface area contributed by atoms with Gasteiger partial charge >= 0.3 is 0 Å². The first-order valence-corrected chi connectivity index (χ1v) is 7.73. The predicted molar refractivity (Wildman–Crippen MR) is 83.5 cm³/mol. The zero-order chi connectivity index (χ0) is 16.2. The van der Waals surface area contributed by atoms with E-state index in [1.807, 2.05) is 0 Å². The average molecular weight is 332 g/mol. The highest BCUT2D eigenvalue weighted by molar-refractivity contribution is 7.13. The molecule has 118 valence electrons. The maximum absolute atomic E-state index is 13.7. The summed E-state index contributed by atoms with van der Waals surface area (Å²) in [4.78, 5) is 16.2. The summed E-state index contributed by atoms with van der Waals surface area (Å²) in [5, 5.41) is 14.4.